The van der Waals surface area contributed by atoms with Crippen LogP contribution in [0.15, 0.2) is 0 Å². The van der Waals surface area contributed by atoms with Crippen molar-refractivity contribution >= 4 is 11.9 Å². The van der Waals surface area contributed by atoms with Crippen LogP contribution in [0.5, 0.6) is 0 Å². The molecule has 1 rings (SSSR count). The van der Waals surface area contributed by atoms with Crippen molar-refractivity contribution in [1.82, 2.24) is 4.90 Å². The van der Waals surface area contributed by atoms with E-state index in [4.69, 9.17) is 10.8 Å². The number of aliphatic carboxylic acids is 1. The second kappa shape index (κ2) is 4.59. The smallest absolute Gasteiger partial charge is 0.329 e. The standard InChI is InChI=1S/C9H16N2O4/c1-5(12)8(9(14)15)11-4-6(3-10)2-7(11)13/h5-6,8,12H,2-4,10H2,1H3,(H,14,15)/t5-,6?,8+/m1/s1. The number of aliphatic hydroxyl groups excluding tert-OH is 1. The van der Waals surface area contributed by atoms with Crippen molar-refractivity contribution in [2.45, 2.75) is 25.5 Å². The Morgan fingerprint density at radius 3 is 2.67 bits per heavy atom. The van der Waals surface area contributed by atoms with Crippen molar-refractivity contribution in [2.75, 3.05) is 13.1 Å². The Morgan fingerprint density at radius 1 is 1.73 bits per heavy atom. The summed E-state index contributed by atoms with van der Waals surface area (Å²) in [5.41, 5.74) is 5.42. The molecule has 0 spiro atoms. The lowest BCUT2D eigenvalue weighted by Gasteiger charge is -2.26. The Hall–Kier alpha value is -1.14. The minimum Gasteiger partial charge on any atom is -0.480 e. The molecule has 1 heterocycles. The van der Waals surface area contributed by atoms with Gasteiger partial charge in [0.15, 0.2) is 6.04 Å². The van der Waals surface area contributed by atoms with Crippen molar-refractivity contribution < 1.29 is 19.8 Å². The normalized spacial score (nSPS) is 25.4. The molecule has 15 heavy (non-hydrogen) atoms. The number of likely N-dealkylation sites (tertiary alicyclic amines) is 1. The molecule has 0 aromatic rings. The van der Waals surface area contributed by atoms with E-state index in [1.54, 1.807) is 0 Å². The molecule has 4 N–H and O–H groups in total. The van der Waals surface area contributed by atoms with Crippen molar-refractivity contribution in [3.63, 3.8) is 0 Å². The predicted molar refractivity (Wildman–Crippen MR) is 52.0 cm³/mol. The molecule has 1 amide bonds. The van der Waals surface area contributed by atoms with Gasteiger partial charge in [0.2, 0.25) is 5.91 Å². The van der Waals surface area contributed by atoms with Crippen LogP contribution >= 0.6 is 0 Å². The summed E-state index contributed by atoms with van der Waals surface area (Å²) in [6.45, 7) is 2.04. The summed E-state index contributed by atoms with van der Waals surface area (Å²) in [4.78, 5) is 23.6. The summed E-state index contributed by atoms with van der Waals surface area (Å²) in [6, 6.07) is -1.16. The Bertz CT molecular complexity index is 267. The van der Waals surface area contributed by atoms with Crippen molar-refractivity contribution in [2.24, 2.45) is 11.7 Å². The molecule has 1 unspecified atom stereocenters. The lowest BCUT2D eigenvalue weighted by atomic mass is 10.1. The van der Waals surface area contributed by atoms with Gasteiger partial charge in [-0.3, -0.25) is 4.79 Å². The highest BCUT2D eigenvalue weighted by molar-refractivity contribution is 5.85. The fourth-order valence-corrected chi connectivity index (χ4v) is 1.84. The number of rotatable bonds is 4. The molecule has 0 bridgehead atoms. The molecule has 1 aliphatic rings. The third-order valence-electron chi connectivity index (χ3n) is 2.62. The van der Waals surface area contributed by atoms with Crippen LogP contribution in [0, 0.1) is 5.92 Å². The Kier molecular flexibility index (Phi) is 3.65. The Labute approximate surface area is 87.7 Å². The number of carboxylic acids is 1. The maximum Gasteiger partial charge on any atom is 0.329 e. The fraction of sp³-hybridized carbons (Fsp3) is 0.778. The third-order valence-corrected chi connectivity index (χ3v) is 2.62. The summed E-state index contributed by atoms with van der Waals surface area (Å²) >= 11 is 0. The zero-order valence-electron chi connectivity index (χ0n) is 8.59. The van der Waals surface area contributed by atoms with Gasteiger partial charge in [-0.15, -0.1) is 0 Å². The lowest BCUT2D eigenvalue weighted by molar-refractivity contribution is -0.152. The summed E-state index contributed by atoms with van der Waals surface area (Å²) in [6.07, 6.45) is -0.810. The zero-order chi connectivity index (χ0) is 11.6. The lowest BCUT2D eigenvalue weighted by Crippen LogP contribution is -2.48. The van der Waals surface area contributed by atoms with E-state index in [-0.39, 0.29) is 18.2 Å². The molecule has 86 valence electrons. The molecule has 6 nitrogen and oxygen atoms in total. The van der Waals surface area contributed by atoms with Gasteiger partial charge in [0.05, 0.1) is 6.10 Å². The second-order valence-electron chi connectivity index (χ2n) is 3.88. The number of hydrogen-bond acceptors (Lipinski definition) is 4. The van der Waals surface area contributed by atoms with Gasteiger partial charge in [0.1, 0.15) is 0 Å². The van der Waals surface area contributed by atoms with Gasteiger partial charge in [0, 0.05) is 13.0 Å². The van der Waals surface area contributed by atoms with E-state index in [2.05, 4.69) is 0 Å². The zero-order valence-corrected chi connectivity index (χ0v) is 8.59. The van der Waals surface area contributed by atoms with Gasteiger partial charge in [-0.2, -0.15) is 0 Å². The van der Waals surface area contributed by atoms with Crippen LogP contribution in [-0.2, 0) is 9.59 Å². The van der Waals surface area contributed by atoms with Crippen LogP contribution in [0.25, 0.3) is 0 Å². The van der Waals surface area contributed by atoms with Gasteiger partial charge >= 0.3 is 5.97 Å². The fourth-order valence-electron chi connectivity index (χ4n) is 1.84. The van der Waals surface area contributed by atoms with Crippen LogP contribution < -0.4 is 5.73 Å². The largest absolute Gasteiger partial charge is 0.480 e. The van der Waals surface area contributed by atoms with Gasteiger partial charge in [-0.1, -0.05) is 0 Å². The number of carbonyl (C=O) groups is 2. The molecular weight excluding hydrogens is 200 g/mol. The molecular formula is C9H16N2O4. The number of hydrogen-bond donors (Lipinski definition) is 3. The predicted octanol–water partition coefficient (Wildman–Crippen LogP) is -1.37. The second-order valence-corrected chi connectivity index (χ2v) is 3.88. The van der Waals surface area contributed by atoms with E-state index in [0.29, 0.717) is 13.1 Å². The van der Waals surface area contributed by atoms with Crippen LogP contribution in [-0.4, -0.2) is 52.2 Å². The Balaban J connectivity index is 2.77. The van der Waals surface area contributed by atoms with Crippen molar-refractivity contribution in [3.8, 4) is 0 Å². The van der Waals surface area contributed by atoms with E-state index >= 15 is 0 Å². The highest BCUT2D eigenvalue weighted by Gasteiger charge is 2.39. The van der Waals surface area contributed by atoms with E-state index in [1.807, 2.05) is 0 Å². The molecule has 0 radical (unpaired) electrons. The van der Waals surface area contributed by atoms with Gasteiger partial charge in [-0.25, -0.2) is 4.79 Å². The van der Waals surface area contributed by atoms with Crippen LogP contribution in [0.4, 0.5) is 0 Å². The molecule has 0 aromatic heterocycles. The molecule has 1 saturated heterocycles. The molecule has 0 saturated carbocycles. The highest BCUT2D eigenvalue weighted by Crippen LogP contribution is 2.20. The quantitative estimate of drug-likeness (QED) is 0.537. The van der Waals surface area contributed by atoms with Gasteiger partial charge < -0.3 is 20.8 Å². The maximum atomic E-state index is 11.5. The van der Waals surface area contributed by atoms with Crippen LogP contribution in [0.3, 0.4) is 0 Å². The number of nitrogens with two attached hydrogens (primary N) is 1. The summed E-state index contributed by atoms with van der Waals surface area (Å²) in [5, 5.41) is 18.2. The van der Waals surface area contributed by atoms with Gasteiger partial charge in [-0.05, 0) is 19.4 Å². The maximum absolute atomic E-state index is 11.5. The molecule has 1 aliphatic heterocycles. The van der Waals surface area contributed by atoms with E-state index in [9.17, 15) is 14.7 Å². The van der Waals surface area contributed by atoms with Crippen LogP contribution in [0.1, 0.15) is 13.3 Å². The van der Waals surface area contributed by atoms with Crippen molar-refractivity contribution in [3.05, 3.63) is 0 Å². The molecule has 0 aliphatic carbocycles. The average molecular weight is 216 g/mol. The first kappa shape index (κ1) is 11.9. The molecule has 0 aromatic carbocycles. The van der Waals surface area contributed by atoms with Gasteiger partial charge in [0.25, 0.3) is 0 Å². The average Bonchev–Trinajstić information content (AvgIpc) is 2.46. The molecule has 3 atom stereocenters. The SMILES string of the molecule is C[C@@H](O)[C@@H](C(=O)O)N1CC(CN)CC1=O. The summed E-state index contributed by atoms with van der Waals surface area (Å²) in [7, 11) is 0. The third kappa shape index (κ3) is 2.45. The monoisotopic (exact) mass is 216 g/mol. The number of aliphatic hydroxyl groups is 1. The van der Waals surface area contributed by atoms with Crippen molar-refractivity contribution in [1.29, 1.82) is 0 Å². The first-order valence-corrected chi connectivity index (χ1v) is 4.87. The number of amides is 1. The number of carbonyl (C=O) groups excluding carboxylic acids is 1. The minimum atomic E-state index is -1.18. The van der Waals surface area contributed by atoms with E-state index < -0.39 is 18.1 Å². The number of carboxylic acid groups (broad SMARTS) is 1. The highest BCUT2D eigenvalue weighted by atomic mass is 16.4. The summed E-state index contributed by atoms with van der Waals surface area (Å²) < 4.78 is 0. The summed E-state index contributed by atoms with van der Waals surface area (Å²) in [5.74, 6) is -1.44. The Morgan fingerprint density at radius 2 is 2.33 bits per heavy atom. The first-order valence-electron chi connectivity index (χ1n) is 4.87. The van der Waals surface area contributed by atoms with E-state index in [0.717, 1.165) is 0 Å². The molecule has 6 heteroatoms. The topological polar surface area (TPSA) is 104 Å². The minimum absolute atomic E-state index is 0.00176. The van der Waals surface area contributed by atoms with Crippen LogP contribution in [0.2, 0.25) is 0 Å². The number of nitrogens with zero attached hydrogens (tertiary/aromatic N) is 1. The molecule has 1 fully saturated rings. The van der Waals surface area contributed by atoms with E-state index in [1.165, 1.54) is 11.8 Å². The first-order chi connectivity index (χ1) is 6.97.